The van der Waals surface area contributed by atoms with Crippen LogP contribution in [0.3, 0.4) is 0 Å². The number of rotatable bonds is 4. The predicted molar refractivity (Wildman–Crippen MR) is 96.5 cm³/mol. The molecule has 0 atom stereocenters. The molecule has 0 saturated carbocycles. The summed E-state index contributed by atoms with van der Waals surface area (Å²) in [7, 11) is 2.14. The zero-order valence-corrected chi connectivity index (χ0v) is 15.1. The average Bonchev–Trinajstić information content (AvgIpc) is 3.21. The maximum absolute atomic E-state index is 4.87. The van der Waals surface area contributed by atoms with Gasteiger partial charge in [0.05, 0.1) is 23.3 Å². The van der Waals surface area contributed by atoms with Crippen molar-refractivity contribution in [2.24, 2.45) is 7.05 Å². The minimum absolute atomic E-state index is 0.454. The van der Waals surface area contributed by atoms with Gasteiger partial charge in [0, 0.05) is 44.7 Å². The Balaban J connectivity index is 1.48. The Morgan fingerprint density at radius 1 is 1.16 bits per heavy atom. The minimum atomic E-state index is 0.454. The van der Waals surface area contributed by atoms with Gasteiger partial charge in [-0.2, -0.15) is 0 Å². The summed E-state index contributed by atoms with van der Waals surface area (Å²) in [6.07, 6.45) is 3.06. The van der Waals surface area contributed by atoms with Crippen molar-refractivity contribution in [2.45, 2.75) is 39.3 Å². The first-order valence-corrected chi connectivity index (χ1v) is 8.85. The van der Waals surface area contributed by atoms with Crippen LogP contribution in [0.15, 0.2) is 36.5 Å². The van der Waals surface area contributed by atoms with Crippen LogP contribution in [0.1, 0.15) is 42.7 Å². The Hall–Kier alpha value is -2.47. The summed E-state index contributed by atoms with van der Waals surface area (Å²) in [6, 6.07) is 10.1. The van der Waals surface area contributed by atoms with E-state index in [1.54, 1.807) is 0 Å². The zero-order chi connectivity index (χ0) is 17.4. The molecule has 4 rings (SSSR count). The van der Waals surface area contributed by atoms with Gasteiger partial charge in [0.25, 0.3) is 0 Å². The second-order valence-electron chi connectivity index (χ2n) is 7.03. The molecule has 130 valence electrons. The highest BCUT2D eigenvalue weighted by molar-refractivity contribution is 5.30. The molecule has 6 heteroatoms. The molecule has 0 radical (unpaired) electrons. The first-order valence-electron chi connectivity index (χ1n) is 8.85. The first-order chi connectivity index (χ1) is 12.1. The number of aromatic nitrogens is 5. The van der Waals surface area contributed by atoms with E-state index >= 15 is 0 Å². The molecular weight excluding hydrogens is 312 g/mol. The van der Waals surface area contributed by atoms with Gasteiger partial charge in [-0.1, -0.05) is 37.3 Å². The van der Waals surface area contributed by atoms with Crippen LogP contribution in [-0.4, -0.2) is 36.0 Å². The van der Waals surface area contributed by atoms with Gasteiger partial charge in [-0.05, 0) is 12.1 Å². The van der Waals surface area contributed by atoms with Gasteiger partial charge in [-0.15, -0.1) is 5.10 Å². The smallest absolute Gasteiger partial charge is 0.111 e. The second-order valence-corrected chi connectivity index (χ2v) is 7.03. The molecule has 0 saturated heterocycles. The number of benzene rings is 1. The molecule has 6 nitrogen and oxygen atoms in total. The lowest BCUT2D eigenvalue weighted by atomic mass is 10.1. The van der Waals surface area contributed by atoms with Gasteiger partial charge in [0.15, 0.2) is 0 Å². The highest BCUT2D eigenvalue weighted by atomic mass is 15.4. The SMILES string of the molecule is CC(C)c1nc2c(n1C)CCN(Cc1cn(-c3ccccc3)nn1)C2. The average molecular weight is 336 g/mol. The van der Waals surface area contributed by atoms with Crippen LogP contribution in [0.5, 0.6) is 0 Å². The summed E-state index contributed by atoms with van der Waals surface area (Å²) in [5, 5.41) is 8.60. The van der Waals surface area contributed by atoms with E-state index in [9.17, 15) is 0 Å². The molecule has 1 aliphatic rings. The van der Waals surface area contributed by atoms with Gasteiger partial charge < -0.3 is 4.57 Å². The van der Waals surface area contributed by atoms with Crippen LogP contribution in [0.2, 0.25) is 0 Å². The van der Waals surface area contributed by atoms with E-state index in [2.05, 4.69) is 40.7 Å². The summed E-state index contributed by atoms with van der Waals surface area (Å²) in [4.78, 5) is 7.28. The van der Waals surface area contributed by atoms with E-state index in [4.69, 9.17) is 4.98 Å². The molecule has 25 heavy (non-hydrogen) atoms. The summed E-state index contributed by atoms with van der Waals surface area (Å²) < 4.78 is 4.12. The lowest BCUT2D eigenvalue weighted by molar-refractivity contribution is 0.237. The number of nitrogens with zero attached hydrogens (tertiary/aromatic N) is 6. The Morgan fingerprint density at radius 2 is 1.96 bits per heavy atom. The summed E-state index contributed by atoms with van der Waals surface area (Å²) >= 11 is 0. The van der Waals surface area contributed by atoms with Crippen molar-refractivity contribution < 1.29 is 0 Å². The number of imidazole rings is 1. The molecule has 0 fully saturated rings. The van der Waals surface area contributed by atoms with E-state index in [1.807, 2.05) is 41.2 Å². The normalized spacial score (nSPS) is 14.9. The molecule has 0 spiro atoms. The Morgan fingerprint density at radius 3 is 2.72 bits per heavy atom. The van der Waals surface area contributed by atoms with E-state index < -0.39 is 0 Å². The summed E-state index contributed by atoms with van der Waals surface area (Å²) in [6.45, 7) is 7.12. The minimum Gasteiger partial charge on any atom is -0.335 e. The molecule has 0 bridgehead atoms. The van der Waals surface area contributed by atoms with Crippen LogP contribution >= 0.6 is 0 Å². The number of hydrogen-bond donors (Lipinski definition) is 0. The van der Waals surface area contributed by atoms with E-state index in [0.29, 0.717) is 5.92 Å². The summed E-state index contributed by atoms with van der Waals surface area (Å²) in [5.74, 6) is 1.64. The van der Waals surface area contributed by atoms with Gasteiger partial charge in [-0.3, -0.25) is 4.90 Å². The Labute approximate surface area is 148 Å². The van der Waals surface area contributed by atoms with Crippen LogP contribution in [-0.2, 0) is 26.6 Å². The fraction of sp³-hybridized carbons (Fsp3) is 0.421. The lowest BCUT2D eigenvalue weighted by Crippen LogP contribution is -2.30. The molecule has 0 amide bonds. The van der Waals surface area contributed by atoms with Crippen LogP contribution in [0.25, 0.3) is 5.69 Å². The molecule has 0 aliphatic carbocycles. The molecule has 0 unspecified atom stereocenters. The van der Waals surface area contributed by atoms with Crippen molar-refractivity contribution >= 4 is 0 Å². The van der Waals surface area contributed by atoms with Crippen LogP contribution < -0.4 is 0 Å². The molecule has 3 heterocycles. The lowest BCUT2D eigenvalue weighted by Gasteiger charge is -2.25. The molecule has 1 aliphatic heterocycles. The maximum Gasteiger partial charge on any atom is 0.111 e. The number of hydrogen-bond acceptors (Lipinski definition) is 4. The van der Waals surface area contributed by atoms with Crippen molar-refractivity contribution in [1.82, 2.24) is 29.4 Å². The largest absolute Gasteiger partial charge is 0.335 e. The third kappa shape index (κ3) is 3.09. The highest BCUT2D eigenvalue weighted by Crippen LogP contribution is 2.24. The second kappa shape index (κ2) is 6.44. The fourth-order valence-electron chi connectivity index (χ4n) is 3.56. The van der Waals surface area contributed by atoms with Crippen molar-refractivity contribution in [2.75, 3.05) is 6.54 Å². The molecule has 2 aromatic heterocycles. The quantitative estimate of drug-likeness (QED) is 0.735. The van der Waals surface area contributed by atoms with Crippen molar-refractivity contribution in [3.05, 3.63) is 59.4 Å². The van der Waals surface area contributed by atoms with Gasteiger partial charge in [0.2, 0.25) is 0 Å². The molecule has 3 aromatic rings. The van der Waals surface area contributed by atoms with Crippen molar-refractivity contribution in [1.29, 1.82) is 0 Å². The Kier molecular flexibility index (Phi) is 4.13. The van der Waals surface area contributed by atoms with Gasteiger partial charge in [-0.25, -0.2) is 9.67 Å². The standard InChI is InChI=1S/C19H24N6/c1-14(2)19-20-17-13-24(10-9-18(17)23(19)3)11-15-12-25(22-21-15)16-7-5-4-6-8-16/h4-8,12,14H,9-11,13H2,1-3H3. The van der Waals surface area contributed by atoms with Crippen LogP contribution in [0, 0.1) is 0 Å². The third-order valence-corrected chi connectivity index (χ3v) is 4.83. The maximum atomic E-state index is 4.87. The molecular formula is C19H24N6. The number of fused-ring (bicyclic) bond motifs is 1. The Bertz CT molecular complexity index is 861. The van der Waals surface area contributed by atoms with Crippen molar-refractivity contribution in [3.63, 3.8) is 0 Å². The number of para-hydroxylation sites is 1. The predicted octanol–water partition coefficient (Wildman–Crippen LogP) is 2.68. The zero-order valence-electron chi connectivity index (χ0n) is 15.1. The van der Waals surface area contributed by atoms with E-state index in [0.717, 1.165) is 37.4 Å². The van der Waals surface area contributed by atoms with Crippen LogP contribution in [0.4, 0.5) is 0 Å². The fourth-order valence-corrected chi connectivity index (χ4v) is 3.56. The van der Waals surface area contributed by atoms with E-state index in [1.165, 1.54) is 17.2 Å². The third-order valence-electron chi connectivity index (χ3n) is 4.83. The molecule has 0 N–H and O–H groups in total. The topological polar surface area (TPSA) is 51.8 Å². The highest BCUT2D eigenvalue weighted by Gasteiger charge is 2.24. The van der Waals surface area contributed by atoms with E-state index in [-0.39, 0.29) is 0 Å². The van der Waals surface area contributed by atoms with Gasteiger partial charge in [0.1, 0.15) is 5.82 Å². The first kappa shape index (κ1) is 16.0. The van der Waals surface area contributed by atoms with Gasteiger partial charge >= 0.3 is 0 Å². The molecule has 1 aromatic carbocycles. The monoisotopic (exact) mass is 336 g/mol. The summed E-state index contributed by atoms with van der Waals surface area (Å²) in [5.41, 5.74) is 4.63. The van der Waals surface area contributed by atoms with Crippen molar-refractivity contribution in [3.8, 4) is 5.69 Å².